The second kappa shape index (κ2) is 7.59. The van der Waals surface area contributed by atoms with E-state index in [2.05, 4.69) is 0 Å². The molecule has 3 rings (SSSR count). The fourth-order valence-electron chi connectivity index (χ4n) is 2.49. The number of carbonyl (C=O) groups excluding carboxylic acids is 2. The first kappa shape index (κ1) is 19.2. The number of hydrogen-bond acceptors (Lipinski definition) is 4. The molecular formula is C20H14F3NO4. The number of furan rings is 1. The first-order valence-electron chi connectivity index (χ1n) is 8.05. The third-order valence-electron chi connectivity index (χ3n) is 3.80. The third kappa shape index (κ3) is 4.22. The Balaban J connectivity index is 1.77. The second-order valence-corrected chi connectivity index (χ2v) is 5.76. The van der Waals surface area contributed by atoms with Crippen molar-refractivity contribution in [1.82, 2.24) is 0 Å². The number of para-hydroxylation sites is 1. The Labute approximate surface area is 157 Å². The molecule has 5 nitrogen and oxygen atoms in total. The average Bonchev–Trinajstić information content (AvgIpc) is 3.10. The number of carbonyl (C=O) groups is 2. The number of halogens is 3. The lowest BCUT2D eigenvalue weighted by molar-refractivity contribution is -0.167. The highest BCUT2D eigenvalue weighted by Gasteiger charge is 2.38. The van der Waals surface area contributed by atoms with Crippen molar-refractivity contribution in [3.8, 4) is 5.75 Å². The van der Waals surface area contributed by atoms with Crippen molar-refractivity contribution in [2.45, 2.75) is 6.18 Å². The van der Waals surface area contributed by atoms with Crippen molar-refractivity contribution in [3.63, 3.8) is 0 Å². The van der Waals surface area contributed by atoms with Crippen molar-refractivity contribution < 1.29 is 31.9 Å². The third-order valence-corrected chi connectivity index (χ3v) is 3.80. The summed E-state index contributed by atoms with van der Waals surface area (Å²) in [5.74, 6) is -1.91. The maximum Gasteiger partial charge on any atom is 0.471 e. The molecule has 0 aliphatic heterocycles. The van der Waals surface area contributed by atoms with Crippen LogP contribution in [0.15, 0.2) is 59.0 Å². The number of ether oxygens (including phenoxy) is 1. The summed E-state index contributed by atoms with van der Waals surface area (Å²) in [5, 5.41) is 2.46. The summed E-state index contributed by atoms with van der Waals surface area (Å²) in [6.07, 6.45) is -2.34. The van der Waals surface area contributed by atoms with Crippen molar-refractivity contribution in [3.05, 3.63) is 65.9 Å². The van der Waals surface area contributed by atoms with Gasteiger partial charge in [0.05, 0.1) is 7.11 Å². The molecule has 0 radical (unpaired) electrons. The maximum absolute atomic E-state index is 12.3. The molecule has 1 aromatic heterocycles. The minimum atomic E-state index is -4.98. The van der Waals surface area contributed by atoms with Crippen LogP contribution in [0.3, 0.4) is 0 Å². The lowest BCUT2D eigenvalue weighted by atomic mass is 10.1. The number of benzene rings is 2. The van der Waals surface area contributed by atoms with Crippen LogP contribution in [0.4, 0.5) is 18.9 Å². The van der Waals surface area contributed by atoms with Crippen LogP contribution in [0.25, 0.3) is 17.0 Å². The van der Waals surface area contributed by atoms with E-state index in [1.165, 1.54) is 37.5 Å². The molecule has 144 valence electrons. The van der Waals surface area contributed by atoms with E-state index in [1.807, 2.05) is 0 Å². The number of fused-ring (bicyclic) bond motifs is 1. The van der Waals surface area contributed by atoms with E-state index in [0.29, 0.717) is 22.3 Å². The quantitative estimate of drug-likeness (QED) is 0.501. The molecule has 28 heavy (non-hydrogen) atoms. The zero-order chi connectivity index (χ0) is 20.3. The van der Waals surface area contributed by atoms with Crippen LogP contribution in [-0.2, 0) is 4.79 Å². The summed E-state index contributed by atoms with van der Waals surface area (Å²) in [7, 11) is 1.49. The summed E-state index contributed by atoms with van der Waals surface area (Å²) in [4.78, 5) is 23.3. The van der Waals surface area contributed by atoms with E-state index in [1.54, 1.807) is 35.6 Å². The van der Waals surface area contributed by atoms with Gasteiger partial charge < -0.3 is 14.5 Å². The number of methoxy groups -OCH3 is 1. The van der Waals surface area contributed by atoms with E-state index in [0.717, 1.165) is 0 Å². The number of ketones is 1. The molecule has 0 fully saturated rings. The van der Waals surface area contributed by atoms with Gasteiger partial charge >= 0.3 is 12.1 Å². The predicted molar refractivity (Wildman–Crippen MR) is 97.3 cm³/mol. The van der Waals surface area contributed by atoms with Gasteiger partial charge in [-0.25, -0.2) is 0 Å². The van der Waals surface area contributed by atoms with Crippen LogP contribution < -0.4 is 10.1 Å². The Morgan fingerprint density at radius 2 is 1.86 bits per heavy atom. The van der Waals surface area contributed by atoms with Crippen LogP contribution in [0, 0.1) is 0 Å². The molecule has 8 heteroatoms. The maximum atomic E-state index is 12.3. The Kier molecular flexibility index (Phi) is 5.21. The molecule has 0 aliphatic rings. The summed E-state index contributed by atoms with van der Waals surface area (Å²) in [6, 6.07) is 12.5. The molecule has 0 unspecified atom stereocenters. The number of amides is 1. The SMILES string of the molecule is COc1cccc2cc(C(=O)/C=C/c3cccc(NC(=O)C(F)(F)F)c3)oc12. The fourth-order valence-corrected chi connectivity index (χ4v) is 2.49. The molecule has 0 aliphatic carbocycles. The molecule has 1 amide bonds. The van der Waals surface area contributed by atoms with Gasteiger partial charge in [-0.2, -0.15) is 13.2 Å². The summed E-state index contributed by atoms with van der Waals surface area (Å²) >= 11 is 0. The van der Waals surface area contributed by atoms with Gasteiger partial charge in [0.15, 0.2) is 17.1 Å². The van der Waals surface area contributed by atoms with E-state index < -0.39 is 17.9 Å². The highest BCUT2D eigenvalue weighted by atomic mass is 19.4. The van der Waals surface area contributed by atoms with Crippen molar-refractivity contribution in [2.75, 3.05) is 12.4 Å². The van der Waals surface area contributed by atoms with Crippen LogP contribution in [0.5, 0.6) is 5.75 Å². The van der Waals surface area contributed by atoms with Gasteiger partial charge in [0.25, 0.3) is 0 Å². The lowest BCUT2D eigenvalue weighted by Gasteiger charge is -2.08. The molecule has 3 aromatic rings. The van der Waals surface area contributed by atoms with Gasteiger partial charge in [0.1, 0.15) is 0 Å². The highest BCUT2D eigenvalue weighted by molar-refractivity contribution is 6.07. The second-order valence-electron chi connectivity index (χ2n) is 5.76. The minimum absolute atomic E-state index is 0.0367. The number of allylic oxidation sites excluding steroid dienone is 1. The molecule has 0 atom stereocenters. The van der Waals surface area contributed by atoms with Gasteiger partial charge in [0, 0.05) is 11.1 Å². The van der Waals surface area contributed by atoms with E-state index in [9.17, 15) is 22.8 Å². The molecule has 1 N–H and O–H groups in total. The van der Waals surface area contributed by atoms with E-state index in [-0.39, 0.29) is 11.4 Å². The molecular weight excluding hydrogens is 375 g/mol. The topological polar surface area (TPSA) is 68.5 Å². The van der Waals surface area contributed by atoms with Gasteiger partial charge in [-0.15, -0.1) is 0 Å². The molecule has 0 saturated heterocycles. The average molecular weight is 389 g/mol. The van der Waals surface area contributed by atoms with Crippen molar-refractivity contribution >= 4 is 34.4 Å². The minimum Gasteiger partial charge on any atom is -0.493 e. The first-order chi connectivity index (χ1) is 13.3. The number of rotatable bonds is 5. The molecule has 0 saturated carbocycles. The van der Waals surface area contributed by atoms with E-state index in [4.69, 9.17) is 9.15 Å². The lowest BCUT2D eigenvalue weighted by Crippen LogP contribution is -2.29. The van der Waals surface area contributed by atoms with Gasteiger partial charge in [-0.1, -0.05) is 30.3 Å². The molecule has 1 heterocycles. The largest absolute Gasteiger partial charge is 0.493 e. The molecule has 0 bridgehead atoms. The highest BCUT2D eigenvalue weighted by Crippen LogP contribution is 2.29. The summed E-state index contributed by atoms with van der Waals surface area (Å²) in [6.45, 7) is 0. The standard InChI is InChI=1S/C20H14F3NO4/c1-27-16-7-3-5-13-11-17(28-18(13)16)15(25)9-8-12-4-2-6-14(10-12)24-19(26)20(21,22)23/h2-11H,1H3,(H,24,26)/b9-8+. The van der Waals surface area contributed by atoms with Crippen molar-refractivity contribution in [2.24, 2.45) is 0 Å². The zero-order valence-corrected chi connectivity index (χ0v) is 14.5. The Hall–Kier alpha value is -3.55. The van der Waals surface area contributed by atoms with Gasteiger partial charge in [-0.05, 0) is 35.9 Å². The van der Waals surface area contributed by atoms with Crippen molar-refractivity contribution in [1.29, 1.82) is 0 Å². The van der Waals surface area contributed by atoms with Gasteiger partial charge in [0.2, 0.25) is 5.78 Å². The van der Waals surface area contributed by atoms with Crippen LogP contribution >= 0.6 is 0 Å². The fraction of sp³-hybridized carbons (Fsp3) is 0.100. The number of alkyl halides is 3. The van der Waals surface area contributed by atoms with E-state index >= 15 is 0 Å². The number of nitrogens with one attached hydrogen (secondary N) is 1. The van der Waals surface area contributed by atoms with Crippen LogP contribution in [-0.4, -0.2) is 25.0 Å². The predicted octanol–water partition coefficient (Wildman–Crippen LogP) is 4.84. The first-order valence-corrected chi connectivity index (χ1v) is 8.05. The van der Waals surface area contributed by atoms with Crippen LogP contribution in [0.1, 0.15) is 16.1 Å². The smallest absolute Gasteiger partial charge is 0.471 e. The van der Waals surface area contributed by atoms with Gasteiger partial charge in [-0.3, -0.25) is 9.59 Å². The Morgan fingerprint density at radius 3 is 2.57 bits per heavy atom. The number of anilines is 1. The zero-order valence-electron chi connectivity index (χ0n) is 14.5. The Bertz CT molecular complexity index is 1070. The molecule has 2 aromatic carbocycles. The summed E-state index contributed by atoms with van der Waals surface area (Å²) < 4.78 is 47.7. The summed E-state index contributed by atoms with van der Waals surface area (Å²) in [5.41, 5.74) is 0.839. The monoisotopic (exact) mass is 389 g/mol. The number of hydrogen-bond donors (Lipinski definition) is 1. The normalized spacial score (nSPS) is 11.7. The Morgan fingerprint density at radius 1 is 1.11 bits per heavy atom. The van der Waals surface area contributed by atoms with Crippen LogP contribution in [0.2, 0.25) is 0 Å². The molecule has 0 spiro atoms.